The fraction of sp³-hybridized carbons (Fsp3) is 0.438. The van der Waals surface area contributed by atoms with Crippen molar-refractivity contribution < 1.29 is 4.74 Å². The van der Waals surface area contributed by atoms with Gasteiger partial charge in [0.25, 0.3) is 0 Å². The van der Waals surface area contributed by atoms with Crippen LogP contribution in [-0.4, -0.2) is 16.4 Å². The van der Waals surface area contributed by atoms with Gasteiger partial charge in [0.05, 0.1) is 18.0 Å². The summed E-state index contributed by atoms with van der Waals surface area (Å²) in [5.74, 6) is 1.21. The summed E-state index contributed by atoms with van der Waals surface area (Å²) in [5.41, 5.74) is 3.21. The Morgan fingerprint density at radius 2 is 2.14 bits per heavy atom. The molecule has 0 aliphatic heterocycles. The average Bonchev–Trinajstić information content (AvgIpc) is 2.80. The molecule has 0 bridgehead atoms. The van der Waals surface area contributed by atoms with Crippen molar-refractivity contribution in [1.29, 1.82) is 0 Å². The normalized spacial score (nSPS) is 11.0. The number of aromatic nitrogens is 2. The molecule has 0 amide bonds. The zero-order valence-corrected chi connectivity index (χ0v) is 13.7. The third-order valence-corrected chi connectivity index (χ3v) is 3.43. The van der Waals surface area contributed by atoms with Crippen LogP contribution < -0.4 is 10.1 Å². The quantitative estimate of drug-likeness (QED) is 0.869. The van der Waals surface area contributed by atoms with Gasteiger partial charge >= 0.3 is 0 Å². The minimum absolute atomic E-state index is 0.397. The van der Waals surface area contributed by atoms with Crippen molar-refractivity contribution in [3.8, 4) is 5.75 Å². The maximum Gasteiger partial charge on any atom is 0.142 e. The van der Waals surface area contributed by atoms with Gasteiger partial charge in [0.2, 0.25) is 0 Å². The van der Waals surface area contributed by atoms with Gasteiger partial charge in [0.15, 0.2) is 0 Å². The van der Waals surface area contributed by atoms with Crippen LogP contribution >= 0.6 is 11.6 Å². The van der Waals surface area contributed by atoms with Crippen molar-refractivity contribution >= 4 is 17.3 Å². The Bertz CT molecular complexity index is 608. The van der Waals surface area contributed by atoms with Crippen molar-refractivity contribution in [3.05, 3.63) is 40.7 Å². The van der Waals surface area contributed by atoms with Crippen LogP contribution in [0.1, 0.15) is 37.9 Å². The number of rotatable bonds is 6. The maximum absolute atomic E-state index is 6.07. The summed E-state index contributed by atoms with van der Waals surface area (Å²) in [7, 11) is 1.94. The largest absolute Gasteiger partial charge is 0.492 e. The topological polar surface area (TPSA) is 39.1 Å². The first-order chi connectivity index (χ1) is 10.0. The number of nitrogens with one attached hydrogen (secondary N) is 1. The molecule has 0 unspecified atom stereocenters. The third-order valence-electron chi connectivity index (χ3n) is 3.19. The molecule has 1 aromatic heterocycles. The van der Waals surface area contributed by atoms with Crippen LogP contribution in [0.4, 0.5) is 5.69 Å². The number of nitrogens with zero attached hydrogens (tertiary/aromatic N) is 2. The van der Waals surface area contributed by atoms with Crippen molar-refractivity contribution in [2.45, 2.75) is 33.2 Å². The molecule has 0 aliphatic carbocycles. The van der Waals surface area contributed by atoms with E-state index in [1.165, 1.54) is 5.56 Å². The Morgan fingerprint density at radius 3 is 2.81 bits per heavy atom. The van der Waals surface area contributed by atoms with E-state index in [0.717, 1.165) is 17.1 Å². The summed E-state index contributed by atoms with van der Waals surface area (Å²) in [5, 5.41) is 8.61. The number of benzene rings is 1. The molecule has 4 nitrogen and oxygen atoms in total. The Morgan fingerprint density at radius 1 is 1.38 bits per heavy atom. The van der Waals surface area contributed by atoms with Gasteiger partial charge in [-0.3, -0.25) is 4.68 Å². The lowest BCUT2D eigenvalue weighted by Crippen LogP contribution is -2.04. The first kappa shape index (κ1) is 15.7. The average molecular weight is 308 g/mol. The Hall–Kier alpha value is -1.68. The maximum atomic E-state index is 6.07. The van der Waals surface area contributed by atoms with Crippen LogP contribution in [0.25, 0.3) is 0 Å². The monoisotopic (exact) mass is 307 g/mol. The molecule has 0 spiro atoms. The molecule has 1 aromatic carbocycles. The van der Waals surface area contributed by atoms with Crippen LogP contribution in [0.15, 0.2) is 24.4 Å². The van der Waals surface area contributed by atoms with E-state index in [9.17, 15) is 0 Å². The fourth-order valence-electron chi connectivity index (χ4n) is 2.29. The molecule has 2 aromatic rings. The Balaban J connectivity index is 2.18. The van der Waals surface area contributed by atoms with E-state index < -0.39 is 0 Å². The minimum atomic E-state index is 0.397. The highest BCUT2D eigenvalue weighted by atomic mass is 35.5. The van der Waals surface area contributed by atoms with E-state index >= 15 is 0 Å². The number of anilines is 1. The van der Waals surface area contributed by atoms with Gasteiger partial charge in [0.1, 0.15) is 5.75 Å². The van der Waals surface area contributed by atoms with Gasteiger partial charge < -0.3 is 10.1 Å². The molecule has 0 radical (unpaired) electrons. The van der Waals surface area contributed by atoms with E-state index in [-0.39, 0.29) is 0 Å². The SMILES string of the molecule is CCOc1ccc(Cl)cc1NCc1cn(C)nc1C(C)C. The first-order valence-electron chi connectivity index (χ1n) is 7.20. The summed E-state index contributed by atoms with van der Waals surface area (Å²) >= 11 is 6.07. The van der Waals surface area contributed by atoms with Gasteiger partial charge in [-0.15, -0.1) is 0 Å². The van der Waals surface area contributed by atoms with E-state index in [2.05, 4.69) is 24.3 Å². The van der Waals surface area contributed by atoms with Gasteiger partial charge in [-0.1, -0.05) is 25.4 Å². The third kappa shape index (κ3) is 3.91. The lowest BCUT2D eigenvalue weighted by atomic mass is 10.1. The Labute approximate surface area is 131 Å². The second-order valence-corrected chi connectivity index (χ2v) is 5.73. The highest BCUT2D eigenvalue weighted by Gasteiger charge is 2.12. The lowest BCUT2D eigenvalue weighted by Gasteiger charge is -2.13. The predicted octanol–water partition coefficient (Wildman–Crippen LogP) is 4.21. The number of hydrogen-bond acceptors (Lipinski definition) is 3. The van der Waals surface area contributed by atoms with Gasteiger partial charge in [-0.05, 0) is 31.0 Å². The second-order valence-electron chi connectivity index (χ2n) is 5.29. The molecular formula is C16H22ClN3O. The predicted molar refractivity (Wildman–Crippen MR) is 87.2 cm³/mol. The molecule has 21 heavy (non-hydrogen) atoms. The molecule has 2 rings (SSSR count). The van der Waals surface area contributed by atoms with Crippen LogP contribution in [0.2, 0.25) is 5.02 Å². The number of aryl methyl sites for hydroxylation is 1. The van der Waals surface area contributed by atoms with Crippen LogP contribution in [0.3, 0.4) is 0 Å². The summed E-state index contributed by atoms with van der Waals surface area (Å²) in [6.45, 7) is 7.59. The fourth-order valence-corrected chi connectivity index (χ4v) is 2.46. The van der Waals surface area contributed by atoms with Crippen molar-refractivity contribution in [2.75, 3.05) is 11.9 Å². The Kier molecular flexibility index (Phi) is 5.12. The van der Waals surface area contributed by atoms with E-state index in [1.807, 2.05) is 43.0 Å². The molecule has 0 aliphatic rings. The zero-order valence-electron chi connectivity index (χ0n) is 13.0. The molecule has 1 heterocycles. The summed E-state index contributed by atoms with van der Waals surface area (Å²) in [6, 6.07) is 5.61. The van der Waals surface area contributed by atoms with Crippen LogP contribution in [0.5, 0.6) is 5.75 Å². The summed E-state index contributed by atoms with van der Waals surface area (Å²) in [6.07, 6.45) is 2.05. The minimum Gasteiger partial charge on any atom is -0.492 e. The molecule has 0 fully saturated rings. The highest BCUT2D eigenvalue weighted by molar-refractivity contribution is 6.30. The summed E-state index contributed by atoms with van der Waals surface area (Å²) < 4.78 is 7.48. The summed E-state index contributed by atoms with van der Waals surface area (Å²) in [4.78, 5) is 0. The van der Waals surface area contributed by atoms with Crippen LogP contribution in [0, 0.1) is 0 Å². The van der Waals surface area contributed by atoms with E-state index in [4.69, 9.17) is 16.3 Å². The molecule has 1 N–H and O–H groups in total. The molecule has 114 valence electrons. The van der Waals surface area contributed by atoms with E-state index in [1.54, 1.807) is 0 Å². The molecule has 0 saturated heterocycles. The number of hydrogen-bond donors (Lipinski definition) is 1. The second kappa shape index (κ2) is 6.85. The number of halogens is 1. The first-order valence-corrected chi connectivity index (χ1v) is 7.57. The zero-order chi connectivity index (χ0) is 15.4. The van der Waals surface area contributed by atoms with Crippen molar-refractivity contribution in [2.24, 2.45) is 7.05 Å². The van der Waals surface area contributed by atoms with Gasteiger partial charge in [-0.2, -0.15) is 5.10 Å². The van der Waals surface area contributed by atoms with Crippen LogP contribution in [-0.2, 0) is 13.6 Å². The molecule has 0 atom stereocenters. The number of ether oxygens (including phenoxy) is 1. The van der Waals surface area contributed by atoms with E-state index in [0.29, 0.717) is 24.1 Å². The molecular weight excluding hydrogens is 286 g/mol. The van der Waals surface area contributed by atoms with Crippen molar-refractivity contribution in [3.63, 3.8) is 0 Å². The standard InChI is InChI=1S/C16H22ClN3O/c1-5-21-15-7-6-13(17)8-14(15)18-9-12-10-20(4)19-16(12)11(2)3/h6-8,10-11,18H,5,9H2,1-4H3. The van der Waals surface area contributed by atoms with Crippen molar-refractivity contribution in [1.82, 2.24) is 9.78 Å². The highest BCUT2D eigenvalue weighted by Crippen LogP contribution is 2.29. The molecule has 5 heteroatoms. The van der Waals surface area contributed by atoms with Gasteiger partial charge in [0, 0.05) is 30.4 Å². The van der Waals surface area contributed by atoms with Gasteiger partial charge in [-0.25, -0.2) is 0 Å². The smallest absolute Gasteiger partial charge is 0.142 e. The molecule has 0 saturated carbocycles. The lowest BCUT2D eigenvalue weighted by molar-refractivity contribution is 0.341.